The second-order valence-electron chi connectivity index (χ2n) is 6.19. The fourth-order valence-electron chi connectivity index (χ4n) is 2.45. The van der Waals surface area contributed by atoms with Gasteiger partial charge in [0.2, 0.25) is 5.91 Å². The number of amides is 2. The van der Waals surface area contributed by atoms with Crippen molar-refractivity contribution in [3.05, 3.63) is 48.5 Å². The zero-order valence-electron chi connectivity index (χ0n) is 15.4. The molecule has 0 aliphatic heterocycles. The average Bonchev–Trinajstić information content (AvgIpc) is 3.03. The van der Waals surface area contributed by atoms with Gasteiger partial charge < -0.3 is 15.4 Å². The Morgan fingerprint density at radius 1 is 1.11 bits per heavy atom. The number of carbonyl (C=O) groups excluding carboxylic acids is 3. The van der Waals surface area contributed by atoms with Gasteiger partial charge in [0.1, 0.15) is 11.5 Å². The summed E-state index contributed by atoms with van der Waals surface area (Å²) in [6.45, 7) is 3.03. The van der Waals surface area contributed by atoms with E-state index in [4.69, 9.17) is 4.74 Å². The van der Waals surface area contributed by atoms with Gasteiger partial charge in [-0.25, -0.2) is 4.98 Å². The Labute approximate surface area is 165 Å². The summed E-state index contributed by atoms with van der Waals surface area (Å²) in [4.78, 5) is 39.4. The highest BCUT2D eigenvalue weighted by atomic mass is 32.1. The molecule has 3 aromatic rings. The molecule has 2 amide bonds. The van der Waals surface area contributed by atoms with E-state index in [1.165, 1.54) is 18.3 Å². The van der Waals surface area contributed by atoms with Crippen molar-refractivity contribution in [3.8, 4) is 5.75 Å². The van der Waals surface area contributed by atoms with Crippen LogP contribution in [0.1, 0.15) is 20.3 Å². The molecule has 28 heavy (non-hydrogen) atoms. The molecule has 0 bridgehead atoms. The van der Waals surface area contributed by atoms with Crippen molar-refractivity contribution in [1.82, 2.24) is 4.98 Å². The first kappa shape index (κ1) is 19.5. The Bertz CT molecular complexity index is 1020. The molecule has 1 unspecified atom stereocenters. The van der Waals surface area contributed by atoms with E-state index in [0.29, 0.717) is 22.1 Å². The Kier molecular flexibility index (Phi) is 6.00. The van der Waals surface area contributed by atoms with Crippen molar-refractivity contribution in [3.63, 3.8) is 0 Å². The third-order valence-electron chi connectivity index (χ3n) is 3.74. The number of benzene rings is 2. The van der Waals surface area contributed by atoms with Gasteiger partial charge in [0, 0.05) is 5.69 Å². The summed E-state index contributed by atoms with van der Waals surface area (Å²) in [6.07, 6.45) is -0.850. The zero-order valence-corrected chi connectivity index (χ0v) is 16.2. The molecule has 0 fully saturated rings. The standard InChI is InChI=1S/C20H19N3O4S/c1-12(24)10-18(25)23-20-22-16-9-8-14(11-17(16)28-20)21-19(26)13(2)27-15-6-4-3-5-7-15/h3-9,11,13H,10H2,1-2H3,(H,21,26)(H,22,23,25). The summed E-state index contributed by atoms with van der Waals surface area (Å²) < 4.78 is 6.42. The van der Waals surface area contributed by atoms with Crippen LogP contribution in [0.15, 0.2) is 48.5 Å². The van der Waals surface area contributed by atoms with Gasteiger partial charge in [-0.05, 0) is 44.2 Å². The summed E-state index contributed by atoms with van der Waals surface area (Å²) in [5.74, 6) is -0.265. The van der Waals surface area contributed by atoms with E-state index in [-0.39, 0.29) is 18.1 Å². The molecule has 0 spiro atoms. The van der Waals surface area contributed by atoms with Crippen LogP contribution < -0.4 is 15.4 Å². The van der Waals surface area contributed by atoms with Crippen molar-refractivity contribution in [2.45, 2.75) is 26.4 Å². The van der Waals surface area contributed by atoms with Crippen molar-refractivity contribution in [1.29, 1.82) is 0 Å². The smallest absolute Gasteiger partial charge is 0.265 e. The SMILES string of the molecule is CC(=O)CC(=O)Nc1nc2ccc(NC(=O)C(C)Oc3ccccc3)cc2s1. The van der Waals surface area contributed by atoms with Crippen LogP contribution >= 0.6 is 11.3 Å². The normalized spacial score (nSPS) is 11.6. The highest BCUT2D eigenvalue weighted by Crippen LogP contribution is 2.28. The molecule has 0 radical (unpaired) electrons. The molecule has 7 nitrogen and oxygen atoms in total. The molecule has 0 saturated carbocycles. The Hall–Kier alpha value is -3.26. The number of thiazole rings is 1. The maximum atomic E-state index is 12.4. The fraction of sp³-hybridized carbons (Fsp3) is 0.200. The van der Waals surface area contributed by atoms with Crippen LogP contribution in [-0.4, -0.2) is 28.7 Å². The number of fused-ring (bicyclic) bond motifs is 1. The van der Waals surface area contributed by atoms with Crippen molar-refractivity contribution in [2.75, 3.05) is 10.6 Å². The molecule has 0 saturated heterocycles. The number of nitrogens with zero attached hydrogens (tertiary/aromatic N) is 1. The van der Waals surface area contributed by atoms with Crippen LogP contribution in [0, 0.1) is 0 Å². The molecule has 1 heterocycles. The van der Waals surface area contributed by atoms with Crippen molar-refractivity contribution in [2.24, 2.45) is 0 Å². The molecule has 3 rings (SSSR count). The minimum Gasteiger partial charge on any atom is -0.481 e. The monoisotopic (exact) mass is 397 g/mol. The van der Waals surface area contributed by atoms with Gasteiger partial charge in [-0.2, -0.15) is 0 Å². The van der Waals surface area contributed by atoms with Gasteiger partial charge in [-0.1, -0.05) is 29.5 Å². The lowest BCUT2D eigenvalue weighted by Crippen LogP contribution is -2.30. The molecule has 1 atom stereocenters. The number of hydrogen-bond donors (Lipinski definition) is 2. The van der Waals surface area contributed by atoms with Crippen LogP contribution in [0.25, 0.3) is 10.2 Å². The minimum absolute atomic E-state index is 0.184. The lowest BCUT2D eigenvalue weighted by Gasteiger charge is -2.14. The predicted molar refractivity (Wildman–Crippen MR) is 109 cm³/mol. The number of anilines is 2. The predicted octanol–water partition coefficient (Wildman–Crippen LogP) is 3.62. The number of para-hydroxylation sites is 1. The maximum Gasteiger partial charge on any atom is 0.265 e. The average molecular weight is 397 g/mol. The molecular formula is C20H19N3O4S. The molecule has 144 valence electrons. The summed E-state index contributed by atoms with van der Waals surface area (Å²) in [7, 11) is 0. The Balaban J connectivity index is 1.65. The number of rotatable bonds is 7. The first-order valence-corrected chi connectivity index (χ1v) is 9.45. The molecule has 2 N–H and O–H groups in total. The molecular weight excluding hydrogens is 378 g/mol. The van der Waals surface area contributed by atoms with Crippen molar-refractivity contribution < 1.29 is 19.1 Å². The lowest BCUT2D eigenvalue weighted by atomic mass is 10.2. The number of nitrogens with one attached hydrogen (secondary N) is 2. The van der Waals surface area contributed by atoms with Gasteiger partial charge in [-0.3, -0.25) is 14.4 Å². The van der Waals surface area contributed by atoms with E-state index in [0.717, 1.165) is 4.70 Å². The minimum atomic E-state index is -0.666. The third kappa shape index (κ3) is 5.14. The van der Waals surface area contributed by atoms with E-state index in [2.05, 4.69) is 15.6 Å². The number of aromatic nitrogens is 1. The summed E-state index contributed by atoms with van der Waals surface area (Å²) in [5.41, 5.74) is 1.29. The number of ether oxygens (including phenoxy) is 1. The van der Waals surface area contributed by atoms with E-state index >= 15 is 0 Å². The molecule has 0 aliphatic rings. The Morgan fingerprint density at radius 3 is 2.57 bits per heavy atom. The molecule has 1 aromatic heterocycles. The molecule has 0 aliphatic carbocycles. The fourth-order valence-corrected chi connectivity index (χ4v) is 3.37. The van der Waals surface area contributed by atoms with E-state index in [9.17, 15) is 14.4 Å². The lowest BCUT2D eigenvalue weighted by molar-refractivity contribution is -0.124. The summed E-state index contributed by atoms with van der Waals surface area (Å²) in [5, 5.41) is 5.83. The maximum absolute atomic E-state index is 12.4. The van der Waals surface area contributed by atoms with Gasteiger partial charge >= 0.3 is 0 Å². The van der Waals surface area contributed by atoms with Crippen LogP contribution in [0.3, 0.4) is 0 Å². The summed E-state index contributed by atoms with van der Waals surface area (Å²) in [6, 6.07) is 14.4. The third-order valence-corrected chi connectivity index (χ3v) is 4.67. The van der Waals surface area contributed by atoms with Gasteiger partial charge in [0.25, 0.3) is 5.91 Å². The highest BCUT2D eigenvalue weighted by Gasteiger charge is 2.16. The van der Waals surface area contributed by atoms with E-state index < -0.39 is 12.0 Å². The molecule has 2 aromatic carbocycles. The highest BCUT2D eigenvalue weighted by molar-refractivity contribution is 7.22. The van der Waals surface area contributed by atoms with Crippen LogP contribution in [-0.2, 0) is 14.4 Å². The first-order valence-electron chi connectivity index (χ1n) is 8.63. The quantitative estimate of drug-likeness (QED) is 0.594. The number of carbonyl (C=O) groups is 3. The van der Waals surface area contributed by atoms with E-state index in [1.54, 1.807) is 37.3 Å². The zero-order chi connectivity index (χ0) is 20.1. The summed E-state index contributed by atoms with van der Waals surface area (Å²) >= 11 is 1.27. The van der Waals surface area contributed by atoms with E-state index in [1.807, 2.05) is 18.2 Å². The van der Waals surface area contributed by atoms with Crippen LogP contribution in [0.2, 0.25) is 0 Å². The van der Waals surface area contributed by atoms with Gasteiger partial charge in [0.15, 0.2) is 11.2 Å². The second kappa shape index (κ2) is 8.62. The number of Topliss-reactive ketones (excluding diaryl/α,β-unsaturated/α-hetero) is 1. The van der Waals surface area contributed by atoms with Gasteiger partial charge in [0.05, 0.1) is 16.6 Å². The van der Waals surface area contributed by atoms with Crippen LogP contribution in [0.4, 0.5) is 10.8 Å². The Morgan fingerprint density at radius 2 is 1.86 bits per heavy atom. The van der Waals surface area contributed by atoms with Crippen LogP contribution in [0.5, 0.6) is 5.75 Å². The first-order chi connectivity index (χ1) is 13.4. The number of hydrogen-bond acceptors (Lipinski definition) is 6. The van der Waals surface area contributed by atoms with Gasteiger partial charge in [-0.15, -0.1) is 0 Å². The second-order valence-corrected chi connectivity index (χ2v) is 7.22. The largest absolute Gasteiger partial charge is 0.481 e. The topological polar surface area (TPSA) is 97.4 Å². The molecule has 8 heteroatoms. The van der Waals surface area contributed by atoms with Crippen molar-refractivity contribution >= 4 is 50.0 Å². The number of ketones is 1.